The van der Waals surface area contributed by atoms with Gasteiger partial charge in [-0.3, -0.25) is 4.79 Å². The Bertz CT molecular complexity index is 562. The Labute approximate surface area is 123 Å². The lowest BCUT2D eigenvalue weighted by Crippen LogP contribution is -2.25. The molecule has 0 N–H and O–H groups in total. The van der Waals surface area contributed by atoms with E-state index < -0.39 is 0 Å². The van der Waals surface area contributed by atoms with Crippen molar-refractivity contribution in [1.29, 1.82) is 0 Å². The van der Waals surface area contributed by atoms with Crippen molar-refractivity contribution in [3.05, 3.63) is 28.7 Å². The number of methoxy groups -OCH3 is 1. The van der Waals surface area contributed by atoms with Crippen molar-refractivity contribution in [2.75, 3.05) is 18.6 Å². The monoisotopic (exact) mass is 293 g/mol. The summed E-state index contributed by atoms with van der Waals surface area (Å²) < 4.78 is 4.89. The third-order valence-electron chi connectivity index (χ3n) is 3.67. The zero-order valence-electron chi connectivity index (χ0n) is 12.1. The molecule has 1 aliphatic rings. The number of amides is 1. The van der Waals surface area contributed by atoms with Crippen LogP contribution < -0.4 is 4.90 Å². The quantitative estimate of drug-likeness (QED) is 0.633. The van der Waals surface area contributed by atoms with Crippen LogP contribution in [-0.2, 0) is 16.0 Å². The van der Waals surface area contributed by atoms with Gasteiger partial charge >= 0.3 is 5.97 Å². The smallest absolute Gasteiger partial charge is 0.341 e. The maximum absolute atomic E-state index is 12.1. The second-order valence-corrected chi connectivity index (χ2v) is 6.07. The largest absolute Gasteiger partial charge is 0.465 e. The van der Waals surface area contributed by atoms with Crippen LogP contribution in [0.25, 0.3) is 0 Å². The van der Waals surface area contributed by atoms with Crippen LogP contribution in [0, 0.1) is 12.8 Å². The van der Waals surface area contributed by atoms with Crippen LogP contribution >= 0.6 is 11.3 Å². The summed E-state index contributed by atoms with van der Waals surface area (Å²) in [5.74, 6) is -0.166. The van der Waals surface area contributed by atoms with E-state index >= 15 is 0 Å². The second-order valence-electron chi connectivity index (χ2n) is 4.87. The zero-order chi connectivity index (χ0) is 14.9. The molecule has 1 aromatic heterocycles. The number of anilines is 1. The Morgan fingerprint density at radius 2 is 2.30 bits per heavy atom. The van der Waals surface area contributed by atoms with Crippen molar-refractivity contribution in [2.24, 2.45) is 5.92 Å². The van der Waals surface area contributed by atoms with Gasteiger partial charge in [0.1, 0.15) is 5.00 Å². The molecule has 1 aliphatic heterocycles. The van der Waals surface area contributed by atoms with Crippen LogP contribution in [0.4, 0.5) is 5.00 Å². The van der Waals surface area contributed by atoms with Gasteiger partial charge in [0, 0.05) is 23.8 Å². The van der Waals surface area contributed by atoms with Gasteiger partial charge in [-0.25, -0.2) is 4.79 Å². The summed E-state index contributed by atoms with van der Waals surface area (Å²) in [5.41, 5.74) is 1.53. The van der Waals surface area contributed by atoms with Crippen molar-refractivity contribution >= 4 is 28.2 Å². The summed E-state index contributed by atoms with van der Waals surface area (Å²) in [4.78, 5) is 27.0. The molecule has 1 fully saturated rings. The van der Waals surface area contributed by atoms with Crippen LogP contribution in [0.1, 0.15) is 34.1 Å². The molecule has 0 aliphatic carbocycles. The van der Waals surface area contributed by atoms with Gasteiger partial charge in [0.2, 0.25) is 5.91 Å². The van der Waals surface area contributed by atoms with E-state index in [0.29, 0.717) is 18.5 Å². The van der Waals surface area contributed by atoms with Crippen LogP contribution in [0.2, 0.25) is 0 Å². The highest BCUT2D eigenvalue weighted by Crippen LogP contribution is 2.39. The molecule has 0 aromatic carbocycles. The third kappa shape index (κ3) is 2.38. The third-order valence-corrected chi connectivity index (χ3v) is 4.84. The molecule has 4 nitrogen and oxygen atoms in total. The highest BCUT2D eigenvalue weighted by atomic mass is 32.1. The van der Waals surface area contributed by atoms with Crippen LogP contribution in [0.15, 0.2) is 12.7 Å². The molecule has 1 amide bonds. The highest BCUT2D eigenvalue weighted by Gasteiger charge is 2.34. The number of hydrogen-bond donors (Lipinski definition) is 0. The Hall–Kier alpha value is -1.62. The summed E-state index contributed by atoms with van der Waals surface area (Å²) in [7, 11) is 1.37. The molecule has 108 valence electrons. The van der Waals surface area contributed by atoms with E-state index in [1.54, 1.807) is 11.0 Å². The summed E-state index contributed by atoms with van der Waals surface area (Å²) >= 11 is 1.49. The molecule has 20 heavy (non-hydrogen) atoms. The molecule has 2 heterocycles. The average Bonchev–Trinajstić information content (AvgIpc) is 2.97. The lowest BCUT2D eigenvalue weighted by molar-refractivity contribution is -0.117. The fraction of sp³-hybridized carbons (Fsp3) is 0.467. The van der Waals surface area contributed by atoms with E-state index in [2.05, 4.69) is 6.58 Å². The number of esters is 1. The minimum absolute atomic E-state index is 0.0453. The van der Waals surface area contributed by atoms with Gasteiger partial charge in [-0.2, -0.15) is 0 Å². The van der Waals surface area contributed by atoms with E-state index in [-0.39, 0.29) is 17.8 Å². The highest BCUT2D eigenvalue weighted by molar-refractivity contribution is 7.17. The zero-order valence-corrected chi connectivity index (χ0v) is 12.9. The number of rotatable bonds is 4. The second kappa shape index (κ2) is 5.79. The van der Waals surface area contributed by atoms with Crippen LogP contribution in [0.3, 0.4) is 0 Å². The van der Waals surface area contributed by atoms with Crippen molar-refractivity contribution < 1.29 is 14.3 Å². The SMILES string of the molecule is C=CC1CC(=O)N(c2sc(C)c(CC)c2C(=O)OC)C1. The standard InChI is InChI=1S/C15H19NO3S/c1-5-10-7-12(17)16(8-10)14-13(15(18)19-4)11(6-2)9(3)20-14/h5,10H,1,6-8H2,2-4H3. The molecule has 0 saturated carbocycles. The summed E-state index contributed by atoms with van der Waals surface area (Å²) in [6.45, 7) is 8.32. The lowest BCUT2D eigenvalue weighted by Gasteiger charge is -2.16. The van der Waals surface area contributed by atoms with E-state index in [4.69, 9.17) is 4.74 Å². The molecule has 0 spiro atoms. The first kappa shape index (κ1) is 14.8. The normalized spacial score (nSPS) is 18.4. The number of carbonyl (C=O) groups excluding carboxylic acids is 2. The fourth-order valence-corrected chi connectivity index (χ4v) is 3.84. The lowest BCUT2D eigenvalue weighted by atomic mass is 10.1. The molecule has 0 radical (unpaired) electrons. The number of thiophene rings is 1. The van der Waals surface area contributed by atoms with Crippen molar-refractivity contribution in [1.82, 2.24) is 0 Å². The Balaban J connectivity index is 2.49. The number of nitrogens with zero attached hydrogens (tertiary/aromatic N) is 1. The van der Waals surface area contributed by atoms with Gasteiger partial charge < -0.3 is 9.64 Å². The van der Waals surface area contributed by atoms with E-state index in [9.17, 15) is 9.59 Å². The Kier molecular flexibility index (Phi) is 4.28. The molecule has 1 aromatic rings. The Morgan fingerprint density at radius 1 is 1.60 bits per heavy atom. The maximum atomic E-state index is 12.1. The predicted octanol–water partition coefficient (Wildman–Crippen LogP) is 2.94. The number of carbonyl (C=O) groups is 2. The minimum Gasteiger partial charge on any atom is -0.465 e. The van der Waals surface area contributed by atoms with E-state index in [1.807, 2.05) is 13.8 Å². The molecule has 1 unspecified atom stereocenters. The van der Waals surface area contributed by atoms with E-state index in [0.717, 1.165) is 21.9 Å². The predicted molar refractivity (Wildman–Crippen MR) is 80.4 cm³/mol. The van der Waals surface area contributed by atoms with Gasteiger partial charge in [0.05, 0.1) is 12.7 Å². The van der Waals surface area contributed by atoms with Gasteiger partial charge in [-0.05, 0) is 18.9 Å². The topological polar surface area (TPSA) is 46.6 Å². The fourth-order valence-electron chi connectivity index (χ4n) is 2.58. The van der Waals surface area contributed by atoms with Gasteiger partial charge in [0.15, 0.2) is 0 Å². The first-order valence-corrected chi connectivity index (χ1v) is 7.48. The molecular weight excluding hydrogens is 274 g/mol. The first-order chi connectivity index (χ1) is 9.53. The first-order valence-electron chi connectivity index (χ1n) is 6.66. The van der Waals surface area contributed by atoms with Crippen molar-refractivity contribution in [3.8, 4) is 0 Å². The van der Waals surface area contributed by atoms with Gasteiger partial charge in [-0.15, -0.1) is 17.9 Å². The minimum atomic E-state index is -0.365. The molecule has 1 atom stereocenters. The van der Waals surface area contributed by atoms with Gasteiger partial charge in [0.25, 0.3) is 0 Å². The van der Waals surface area contributed by atoms with Crippen LogP contribution in [0.5, 0.6) is 0 Å². The number of ether oxygens (including phenoxy) is 1. The van der Waals surface area contributed by atoms with Crippen molar-refractivity contribution in [3.63, 3.8) is 0 Å². The number of aryl methyl sites for hydroxylation is 1. The van der Waals surface area contributed by atoms with Crippen LogP contribution in [-0.4, -0.2) is 25.5 Å². The summed E-state index contributed by atoms with van der Waals surface area (Å²) in [6.07, 6.45) is 3.01. The molecule has 2 rings (SSSR count). The average molecular weight is 293 g/mol. The summed E-state index contributed by atoms with van der Waals surface area (Å²) in [6, 6.07) is 0. The van der Waals surface area contributed by atoms with Crippen molar-refractivity contribution in [2.45, 2.75) is 26.7 Å². The molecule has 5 heteroatoms. The molecular formula is C15H19NO3S. The van der Waals surface area contributed by atoms with Gasteiger partial charge in [-0.1, -0.05) is 13.0 Å². The summed E-state index contributed by atoms with van der Waals surface area (Å²) in [5, 5.41) is 0.723. The van der Waals surface area contributed by atoms with E-state index in [1.165, 1.54) is 18.4 Å². The number of hydrogen-bond acceptors (Lipinski definition) is 4. The Morgan fingerprint density at radius 3 is 2.80 bits per heavy atom. The maximum Gasteiger partial charge on any atom is 0.341 e. The molecule has 1 saturated heterocycles. The molecule has 0 bridgehead atoms.